The van der Waals surface area contributed by atoms with Crippen LogP contribution in [0.1, 0.15) is 22.4 Å². The van der Waals surface area contributed by atoms with Crippen LogP contribution in [0.25, 0.3) is 11.8 Å². The number of hydrogen-bond acceptors (Lipinski definition) is 7. The number of morpholine rings is 1. The van der Waals surface area contributed by atoms with E-state index in [-0.39, 0.29) is 5.56 Å². The summed E-state index contributed by atoms with van der Waals surface area (Å²) in [7, 11) is 1.61. The molecule has 2 aliphatic heterocycles. The topological polar surface area (TPSA) is 81.3 Å². The van der Waals surface area contributed by atoms with E-state index in [4.69, 9.17) is 14.3 Å². The van der Waals surface area contributed by atoms with Crippen molar-refractivity contribution in [2.75, 3.05) is 26.9 Å². The number of aliphatic hydroxyl groups is 1. The van der Waals surface area contributed by atoms with Crippen molar-refractivity contribution in [2.24, 2.45) is 5.16 Å². The summed E-state index contributed by atoms with van der Waals surface area (Å²) in [5, 5.41) is 14.5. The van der Waals surface area contributed by atoms with Gasteiger partial charge in [-0.25, -0.2) is 9.37 Å². The molecule has 8 nitrogen and oxygen atoms in total. The van der Waals surface area contributed by atoms with Crippen LogP contribution in [0.15, 0.2) is 59.8 Å². The number of aromatic nitrogens is 2. The van der Waals surface area contributed by atoms with Crippen LogP contribution >= 0.6 is 0 Å². The number of nitrogens with zero attached hydrogens (tertiary/aromatic N) is 4. The number of rotatable bonds is 5. The zero-order valence-electron chi connectivity index (χ0n) is 19.2. The third-order valence-electron chi connectivity index (χ3n) is 6.02. The molecule has 0 spiro atoms. The van der Waals surface area contributed by atoms with Gasteiger partial charge in [-0.15, -0.1) is 0 Å². The molecule has 1 atom stereocenters. The highest BCUT2D eigenvalue weighted by molar-refractivity contribution is 6.01. The first-order valence-electron chi connectivity index (χ1n) is 10.9. The van der Waals surface area contributed by atoms with Crippen LogP contribution in [0, 0.1) is 19.7 Å². The summed E-state index contributed by atoms with van der Waals surface area (Å²) in [6.07, 6.45) is 5.47. The van der Waals surface area contributed by atoms with Crippen LogP contribution < -0.4 is 4.74 Å². The smallest absolute Gasteiger partial charge is 0.263 e. The average molecular weight is 464 g/mol. The number of fused-ring (bicyclic) bond motifs is 1. The van der Waals surface area contributed by atoms with Crippen molar-refractivity contribution < 1.29 is 23.8 Å². The van der Waals surface area contributed by atoms with Gasteiger partial charge in [-0.2, -0.15) is 0 Å². The number of aliphatic hydroxyl groups excluding tert-OH is 1. The fourth-order valence-electron chi connectivity index (χ4n) is 4.30. The van der Waals surface area contributed by atoms with Crippen LogP contribution in [0.5, 0.6) is 5.75 Å². The van der Waals surface area contributed by atoms with E-state index in [9.17, 15) is 9.50 Å². The molecular formula is C25H25FN4O4. The normalized spacial score (nSPS) is 20.6. The lowest BCUT2D eigenvalue weighted by atomic mass is 9.98. The molecular weight excluding hydrogens is 439 g/mol. The average Bonchev–Trinajstić information content (AvgIpc) is 3.44. The van der Waals surface area contributed by atoms with Gasteiger partial charge in [0.15, 0.2) is 5.76 Å². The van der Waals surface area contributed by atoms with Gasteiger partial charge in [-0.3, -0.25) is 0 Å². The SMILES string of the molecule is COc1cc(C=C2OCCN3C2=NOC3(CO)c2ccc(C)cc2F)ccc1-n1cnc(C)c1. The molecule has 3 aromatic rings. The van der Waals surface area contributed by atoms with Gasteiger partial charge in [-0.1, -0.05) is 17.3 Å². The summed E-state index contributed by atoms with van der Waals surface area (Å²) in [6, 6.07) is 10.6. The molecule has 0 amide bonds. The lowest BCUT2D eigenvalue weighted by Gasteiger charge is -2.38. The van der Waals surface area contributed by atoms with Gasteiger partial charge in [0.05, 0.1) is 36.9 Å². The second kappa shape index (κ2) is 8.49. The molecule has 1 N–H and O–H groups in total. The molecule has 1 aromatic heterocycles. The van der Waals surface area contributed by atoms with Crippen molar-refractivity contribution >= 4 is 11.9 Å². The Labute approximate surface area is 196 Å². The first-order chi connectivity index (χ1) is 16.4. The van der Waals surface area contributed by atoms with Crippen LogP contribution in [-0.2, 0) is 15.3 Å². The first kappa shape index (κ1) is 22.0. The number of oxime groups is 1. The first-order valence-corrected chi connectivity index (χ1v) is 10.9. The van der Waals surface area contributed by atoms with E-state index in [0.29, 0.717) is 30.5 Å². The molecule has 9 heteroatoms. The lowest BCUT2D eigenvalue weighted by Crippen LogP contribution is -2.53. The van der Waals surface area contributed by atoms with E-state index in [1.165, 1.54) is 6.07 Å². The Morgan fingerprint density at radius 3 is 2.79 bits per heavy atom. The van der Waals surface area contributed by atoms with Crippen molar-refractivity contribution in [1.82, 2.24) is 14.5 Å². The maximum atomic E-state index is 14.9. The van der Waals surface area contributed by atoms with Gasteiger partial charge in [0, 0.05) is 6.20 Å². The van der Waals surface area contributed by atoms with Crippen LogP contribution in [0.4, 0.5) is 4.39 Å². The van der Waals surface area contributed by atoms with Gasteiger partial charge >= 0.3 is 0 Å². The Balaban J connectivity index is 1.49. The molecule has 0 saturated carbocycles. The molecule has 0 aliphatic carbocycles. The zero-order chi connectivity index (χ0) is 23.9. The van der Waals surface area contributed by atoms with Crippen molar-refractivity contribution in [3.63, 3.8) is 0 Å². The maximum Gasteiger partial charge on any atom is 0.263 e. The van der Waals surface area contributed by atoms with Crippen molar-refractivity contribution in [3.8, 4) is 11.4 Å². The van der Waals surface area contributed by atoms with E-state index in [1.54, 1.807) is 37.4 Å². The molecule has 1 unspecified atom stereocenters. The number of amidine groups is 1. The number of hydrogen-bond donors (Lipinski definition) is 1. The third-order valence-corrected chi connectivity index (χ3v) is 6.02. The van der Waals surface area contributed by atoms with Crippen molar-refractivity contribution in [1.29, 1.82) is 0 Å². The second-order valence-electron chi connectivity index (χ2n) is 8.29. The van der Waals surface area contributed by atoms with Gasteiger partial charge in [0.1, 0.15) is 24.8 Å². The summed E-state index contributed by atoms with van der Waals surface area (Å²) >= 11 is 0. The van der Waals surface area contributed by atoms with E-state index in [1.807, 2.05) is 42.0 Å². The van der Waals surface area contributed by atoms with Gasteiger partial charge in [0.25, 0.3) is 5.72 Å². The zero-order valence-corrected chi connectivity index (χ0v) is 19.2. The van der Waals surface area contributed by atoms with Crippen LogP contribution in [0.2, 0.25) is 0 Å². The summed E-state index contributed by atoms with van der Waals surface area (Å²) in [4.78, 5) is 11.7. The van der Waals surface area contributed by atoms with Gasteiger partial charge in [-0.05, 0) is 55.3 Å². The predicted molar refractivity (Wildman–Crippen MR) is 124 cm³/mol. The number of halogens is 1. The fraction of sp³-hybridized carbons (Fsp3) is 0.280. The van der Waals surface area contributed by atoms with Crippen molar-refractivity contribution in [2.45, 2.75) is 19.6 Å². The highest BCUT2D eigenvalue weighted by Crippen LogP contribution is 2.40. The molecule has 0 radical (unpaired) electrons. The van der Waals surface area contributed by atoms with Gasteiger partial charge in [0.2, 0.25) is 5.84 Å². The van der Waals surface area contributed by atoms with Crippen LogP contribution in [-0.4, -0.2) is 52.3 Å². The minimum Gasteiger partial charge on any atom is -0.495 e. The number of imidazole rings is 1. The predicted octanol–water partition coefficient (Wildman–Crippen LogP) is 3.50. The lowest BCUT2D eigenvalue weighted by molar-refractivity contribution is -0.143. The number of aryl methyl sites for hydroxylation is 2. The standard InChI is InChI=1S/C25H25FN4O4/c1-16-4-6-19(20(26)10-16)25(14-31)30-8-9-33-23(24(30)28-34-25)12-18-5-7-21(22(11-18)32-3)29-13-17(2)27-15-29/h4-7,10-13,15,31H,8-9,14H2,1-3H3. The Kier molecular flexibility index (Phi) is 5.49. The van der Waals surface area contributed by atoms with E-state index >= 15 is 0 Å². The molecule has 2 aliphatic rings. The van der Waals surface area contributed by atoms with Crippen molar-refractivity contribution in [3.05, 3.63) is 82.9 Å². The maximum absolute atomic E-state index is 14.9. The molecule has 176 valence electrons. The molecule has 0 bridgehead atoms. The summed E-state index contributed by atoms with van der Waals surface area (Å²) in [6.45, 7) is 3.96. The number of ether oxygens (including phenoxy) is 2. The monoisotopic (exact) mass is 464 g/mol. The summed E-state index contributed by atoms with van der Waals surface area (Å²) in [5.41, 5.74) is 2.13. The molecule has 34 heavy (non-hydrogen) atoms. The Bertz CT molecular complexity index is 1300. The highest BCUT2D eigenvalue weighted by Gasteiger charge is 2.51. The van der Waals surface area contributed by atoms with E-state index < -0.39 is 18.1 Å². The molecule has 1 saturated heterocycles. The highest BCUT2D eigenvalue weighted by atomic mass is 19.1. The van der Waals surface area contributed by atoms with E-state index in [2.05, 4.69) is 10.1 Å². The number of methoxy groups -OCH3 is 1. The Morgan fingerprint density at radius 2 is 2.09 bits per heavy atom. The Morgan fingerprint density at radius 1 is 1.24 bits per heavy atom. The number of benzene rings is 2. The minimum atomic E-state index is -1.45. The molecule has 5 rings (SSSR count). The van der Waals surface area contributed by atoms with Gasteiger partial charge < -0.3 is 28.9 Å². The molecule has 1 fully saturated rings. The minimum absolute atomic E-state index is 0.224. The summed E-state index contributed by atoms with van der Waals surface area (Å²) < 4.78 is 28.2. The Hall–Kier alpha value is -3.85. The summed E-state index contributed by atoms with van der Waals surface area (Å²) in [5.74, 6) is 1.06. The molecule has 3 heterocycles. The quantitative estimate of drug-likeness (QED) is 0.623. The van der Waals surface area contributed by atoms with E-state index in [0.717, 1.165) is 22.5 Å². The second-order valence-corrected chi connectivity index (χ2v) is 8.29. The largest absolute Gasteiger partial charge is 0.495 e. The van der Waals surface area contributed by atoms with Crippen LogP contribution in [0.3, 0.4) is 0 Å². The third kappa shape index (κ3) is 3.58. The molecule has 2 aromatic carbocycles. The fourth-order valence-corrected chi connectivity index (χ4v) is 4.30.